The van der Waals surface area contributed by atoms with Gasteiger partial charge in [-0.3, -0.25) is 0 Å². The van der Waals surface area contributed by atoms with Crippen LogP contribution in [0.2, 0.25) is 0 Å². The molecule has 1 saturated carbocycles. The molecule has 1 aliphatic rings. The summed E-state index contributed by atoms with van der Waals surface area (Å²) in [7, 11) is 1.08. The van der Waals surface area contributed by atoms with Gasteiger partial charge in [0, 0.05) is 6.42 Å². The topological polar surface area (TPSA) is 18.5 Å². The molecule has 176 valence electrons. The highest BCUT2D eigenvalue weighted by molar-refractivity contribution is 5.36. The standard InChI is InChI=1S/C23H23F7O2/c1-31-18-9-10-19(22(28)21(18)27)32-23(29,30)16-8-7-15(12-17(16)24)14-5-2-13(3-6-14)4-11-20(25)26/h7-10,12-14,20H,2-6,11H2,1H3. The lowest BCUT2D eigenvalue weighted by atomic mass is 9.77. The third kappa shape index (κ3) is 5.48. The molecule has 32 heavy (non-hydrogen) atoms. The van der Waals surface area contributed by atoms with E-state index >= 15 is 0 Å². The molecule has 0 spiro atoms. The van der Waals surface area contributed by atoms with Crippen molar-refractivity contribution in [2.45, 2.75) is 57.0 Å². The Labute approximate surface area is 181 Å². The van der Waals surface area contributed by atoms with E-state index in [1.54, 1.807) is 0 Å². The second-order valence-electron chi connectivity index (χ2n) is 7.94. The highest BCUT2D eigenvalue weighted by Crippen LogP contribution is 2.40. The lowest BCUT2D eigenvalue weighted by Crippen LogP contribution is -2.24. The van der Waals surface area contributed by atoms with Gasteiger partial charge in [0.2, 0.25) is 18.1 Å². The minimum Gasteiger partial charge on any atom is -0.494 e. The Morgan fingerprint density at radius 2 is 1.56 bits per heavy atom. The zero-order chi connectivity index (χ0) is 23.5. The zero-order valence-electron chi connectivity index (χ0n) is 17.3. The van der Waals surface area contributed by atoms with Crippen molar-refractivity contribution in [2.24, 2.45) is 5.92 Å². The number of hydrogen-bond acceptors (Lipinski definition) is 2. The summed E-state index contributed by atoms with van der Waals surface area (Å²) >= 11 is 0. The van der Waals surface area contributed by atoms with Gasteiger partial charge < -0.3 is 9.47 Å². The average molecular weight is 464 g/mol. The van der Waals surface area contributed by atoms with Gasteiger partial charge in [0.25, 0.3) is 0 Å². The summed E-state index contributed by atoms with van der Waals surface area (Å²) in [5.41, 5.74) is -0.585. The van der Waals surface area contributed by atoms with Gasteiger partial charge in [0.15, 0.2) is 11.5 Å². The number of benzene rings is 2. The molecule has 0 radical (unpaired) electrons. The van der Waals surface area contributed by atoms with Gasteiger partial charge in [-0.05, 0) is 73.8 Å². The molecule has 3 rings (SSSR count). The minimum atomic E-state index is -4.25. The molecule has 2 aromatic carbocycles. The van der Waals surface area contributed by atoms with Crippen LogP contribution in [0.4, 0.5) is 30.7 Å². The molecule has 0 unspecified atom stereocenters. The molecule has 2 aromatic rings. The van der Waals surface area contributed by atoms with Gasteiger partial charge in [-0.25, -0.2) is 13.2 Å². The van der Waals surface area contributed by atoms with Crippen molar-refractivity contribution >= 4 is 0 Å². The molecule has 0 amide bonds. The van der Waals surface area contributed by atoms with E-state index in [-0.39, 0.29) is 18.3 Å². The van der Waals surface area contributed by atoms with Crippen LogP contribution in [0.3, 0.4) is 0 Å². The Morgan fingerprint density at radius 3 is 2.16 bits per heavy atom. The molecule has 1 fully saturated rings. The molecule has 0 atom stereocenters. The molecule has 0 N–H and O–H groups in total. The summed E-state index contributed by atoms with van der Waals surface area (Å²) in [6, 6.07) is 4.89. The first-order valence-electron chi connectivity index (χ1n) is 10.3. The van der Waals surface area contributed by atoms with Crippen LogP contribution < -0.4 is 9.47 Å². The van der Waals surface area contributed by atoms with Crippen molar-refractivity contribution in [3.05, 3.63) is 58.9 Å². The van der Waals surface area contributed by atoms with Crippen molar-refractivity contribution in [1.29, 1.82) is 0 Å². The Morgan fingerprint density at radius 1 is 0.938 bits per heavy atom. The summed E-state index contributed by atoms with van der Waals surface area (Å²) in [6.07, 6.45) is -3.58. The van der Waals surface area contributed by atoms with Crippen molar-refractivity contribution in [2.75, 3.05) is 7.11 Å². The predicted molar refractivity (Wildman–Crippen MR) is 104 cm³/mol. The monoisotopic (exact) mass is 464 g/mol. The largest absolute Gasteiger partial charge is 0.494 e. The summed E-state index contributed by atoms with van der Waals surface area (Å²) in [4.78, 5) is 0. The fourth-order valence-electron chi connectivity index (χ4n) is 4.11. The van der Waals surface area contributed by atoms with Crippen molar-refractivity contribution < 1.29 is 40.2 Å². The number of ether oxygens (including phenoxy) is 2. The van der Waals surface area contributed by atoms with Gasteiger partial charge in [-0.15, -0.1) is 0 Å². The van der Waals surface area contributed by atoms with Gasteiger partial charge in [0.05, 0.1) is 12.7 Å². The van der Waals surface area contributed by atoms with E-state index in [2.05, 4.69) is 9.47 Å². The van der Waals surface area contributed by atoms with Gasteiger partial charge in [-0.1, -0.05) is 6.07 Å². The summed E-state index contributed by atoms with van der Waals surface area (Å²) in [6.45, 7) is 0. The Kier molecular flexibility index (Phi) is 7.56. The first-order chi connectivity index (χ1) is 15.1. The molecular formula is C23H23F7O2. The molecule has 0 aromatic heterocycles. The normalized spacial score (nSPS) is 19.3. The Bertz CT molecular complexity index is 925. The molecule has 0 saturated heterocycles. The molecular weight excluding hydrogens is 441 g/mol. The maximum atomic E-state index is 14.6. The fraction of sp³-hybridized carbons (Fsp3) is 0.478. The van der Waals surface area contributed by atoms with Crippen molar-refractivity contribution in [3.8, 4) is 11.5 Å². The lowest BCUT2D eigenvalue weighted by molar-refractivity contribution is -0.189. The van der Waals surface area contributed by atoms with Crippen LogP contribution in [0.5, 0.6) is 11.5 Å². The predicted octanol–water partition coefficient (Wildman–Crippen LogP) is 7.56. The first kappa shape index (κ1) is 24.2. The van der Waals surface area contributed by atoms with Crippen molar-refractivity contribution in [3.63, 3.8) is 0 Å². The van der Waals surface area contributed by atoms with E-state index in [9.17, 15) is 30.7 Å². The van der Waals surface area contributed by atoms with E-state index in [0.29, 0.717) is 37.7 Å². The average Bonchev–Trinajstić information content (AvgIpc) is 2.75. The third-order valence-corrected chi connectivity index (χ3v) is 5.89. The van der Waals surface area contributed by atoms with Crippen LogP contribution in [0.25, 0.3) is 0 Å². The van der Waals surface area contributed by atoms with E-state index < -0.39 is 47.0 Å². The van der Waals surface area contributed by atoms with E-state index in [0.717, 1.165) is 31.4 Å². The van der Waals surface area contributed by atoms with Crippen LogP contribution in [0.15, 0.2) is 30.3 Å². The van der Waals surface area contributed by atoms with Crippen LogP contribution in [0.1, 0.15) is 55.6 Å². The molecule has 9 heteroatoms. The number of hydrogen-bond donors (Lipinski definition) is 0. The van der Waals surface area contributed by atoms with Crippen LogP contribution >= 0.6 is 0 Å². The fourth-order valence-corrected chi connectivity index (χ4v) is 4.11. The maximum absolute atomic E-state index is 14.6. The second-order valence-corrected chi connectivity index (χ2v) is 7.94. The number of halogens is 7. The number of methoxy groups -OCH3 is 1. The summed E-state index contributed by atoms with van der Waals surface area (Å²) in [5.74, 6) is -5.87. The van der Waals surface area contributed by atoms with Gasteiger partial charge >= 0.3 is 6.11 Å². The number of alkyl halides is 4. The summed E-state index contributed by atoms with van der Waals surface area (Å²) in [5, 5.41) is 0. The Hall–Kier alpha value is -2.45. The first-order valence-corrected chi connectivity index (χ1v) is 10.3. The third-order valence-electron chi connectivity index (χ3n) is 5.89. The van der Waals surface area contributed by atoms with Crippen LogP contribution in [-0.2, 0) is 6.11 Å². The summed E-state index contributed by atoms with van der Waals surface area (Å²) < 4.78 is 105. The molecule has 1 aliphatic carbocycles. The SMILES string of the molecule is COc1ccc(OC(F)(F)c2ccc(C3CCC(CCC(F)F)CC3)cc2F)c(F)c1F. The van der Waals surface area contributed by atoms with Gasteiger partial charge in [-0.2, -0.15) is 17.6 Å². The van der Waals surface area contributed by atoms with Gasteiger partial charge in [0.1, 0.15) is 5.82 Å². The van der Waals surface area contributed by atoms with Crippen LogP contribution in [0, 0.1) is 23.4 Å². The second kappa shape index (κ2) is 10.0. The maximum Gasteiger partial charge on any atom is 0.429 e. The van der Waals surface area contributed by atoms with Crippen LogP contribution in [-0.4, -0.2) is 13.5 Å². The van der Waals surface area contributed by atoms with E-state index in [1.165, 1.54) is 6.07 Å². The Balaban J connectivity index is 1.70. The molecule has 0 heterocycles. The smallest absolute Gasteiger partial charge is 0.429 e. The quantitative estimate of drug-likeness (QED) is 0.376. The molecule has 2 nitrogen and oxygen atoms in total. The van der Waals surface area contributed by atoms with E-state index in [1.807, 2.05) is 0 Å². The zero-order valence-corrected chi connectivity index (χ0v) is 17.3. The molecule has 0 aliphatic heterocycles. The highest BCUT2D eigenvalue weighted by Gasteiger charge is 2.39. The minimum absolute atomic E-state index is 0.0657. The highest BCUT2D eigenvalue weighted by atomic mass is 19.3. The van der Waals surface area contributed by atoms with E-state index in [4.69, 9.17) is 0 Å². The lowest BCUT2D eigenvalue weighted by Gasteiger charge is -2.29. The molecule has 0 bridgehead atoms. The van der Waals surface area contributed by atoms with Crippen molar-refractivity contribution in [1.82, 2.24) is 0 Å². The number of rotatable bonds is 8.